The van der Waals surface area contributed by atoms with Crippen molar-refractivity contribution < 1.29 is 22.7 Å². The van der Waals surface area contributed by atoms with Gasteiger partial charge in [-0.2, -0.15) is 13.2 Å². The van der Waals surface area contributed by atoms with Gasteiger partial charge in [0, 0.05) is 33.1 Å². The smallest absolute Gasteiger partial charge is 0.422 e. The van der Waals surface area contributed by atoms with Crippen molar-refractivity contribution in [2.24, 2.45) is 4.99 Å². The van der Waals surface area contributed by atoms with Gasteiger partial charge in [-0.25, -0.2) is 0 Å². The fourth-order valence-corrected chi connectivity index (χ4v) is 1.92. The molecule has 0 aliphatic heterocycles. The third kappa shape index (κ3) is 9.75. The summed E-state index contributed by atoms with van der Waals surface area (Å²) < 4.78 is 41.0. The lowest BCUT2D eigenvalue weighted by molar-refractivity contribution is -0.153. The Morgan fingerprint density at radius 3 is 2.38 bits per heavy atom. The zero-order valence-electron chi connectivity index (χ0n) is 14.9. The summed E-state index contributed by atoms with van der Waals surface area (Å²) in [5.74, 6) is 0.668. The van der Waals surface area contributed by atoms with Crippen LogP contribution in [0.2, 0.25) is 0 Å². The molecule has 1 aromatic rings. The molecule has 1 rings (SSSR count). The van der Waals surface area contributed by atoms with Gasteiger partial charge in [0.25, 0.3) is 0 Å². The fourth-order valence-electron chi connectivity index (χ4n) is 1.92. The van der Waals surface area contributed by atoms with Crippen molar-refractivity contribution in [3.05, 3.63) is 29.8 Å². The number of hydrogen-bond donors (Lipinski definition) is 3. The molecular formula is C17H25F3N4O2. The number of hydrogen-bond acceptors (Lipinski definition) is 3. The molecule has 0 heterocycles. The molecule has 26 heavy (non-hydrogen) atoms. The molecule has 146 valence electrons. The van der Waals surface area contributed by atoms with E-state index in [1.54, 1.807) is 19.2 Å². The second-order valence-corrected chi connectivity index (χ2v) is 5.50. The van der Waals surface area contributed by atoms with Gasteiger partial charge >= 0.3 is 6.18 Å². The summed E-state index contributed by atoms with van der Waals surface area (Å²) in [6.07, 6.45) is -3.12. The van der Waals surface area contributed by atoms with Gasteiger partial charge in [0.05, 0.1) is 0 Å². The Balaban J connectivity index is 2.33. The molecule has 0 bridgehead atoms. The molecule has 0 aliphatic carbocycles. The monoisotopic (exact) mass is 374 g/mol. The van der Waals surface area contributed by atoms with Gasteiger partial charge in [0.2, 0.25) is 5.91 Å². The van der Waals surface area contributed by atoms with Crippen molar-refractivity contribution >= 4 is 11.9 Å². The topological polar surface area (TPSA) is 74.8 Å². The lowest BCUT2D eigenvalue weighted by atomic mass is 10.2. The number of nitrogens with one attached hydrogen (secondary N) is 3. The molecule has 1 aromatic carbocycles. The quantitative estimate of drug-likeness (QED) is 0.458. The van der Waals surface area contributed by atoms with Gasteiger partial charge in [0.1, 0.15) is 5.75 Å². The second kappa shape index (κ2) is 11.2. The minimum Gasteiger partial charge on any atom is -0.484 e. The van der Waals surface area contributed by atoms with Gasteiger partial charge in [-0.3, -0.25) is 9.79 Å². The van der Waals surface area contributed by atoms with Crippen molar-refractivity contribution in [3.8, 4) is 5.75 Å². The SMILES string of the molecule is CCCNC(=O)CCNC(=NC)NCc1ccc(OCC(F)(F)F)cc1. The fraction of sp³-hybridized carbons (Fsp3) is 0.529. The molecule has 0 saturated heterocycles. The van der Waals surface area contributed by atoms with Crippen LogP contribution in [0.5, 0.6) is 5.75 Å². The first-order chi connectivity index (χ1) is 12.3. The van der Waals surface area contributed by atoms with Crippen LogP contribution in [0.25, 0.3) is 0 Å². The third-order valence-electron chi connectivity index (χ3n) is 3.23. The van der Waals surface area contributed by atoms with E-state index in [0.29, 0.717) is 32.0 Å². The van der Waals surface area contributed by atoms with Crippen LogP contribution in [0.1, 0.15) is 25.3 Å². The van der Waals surface area contributed by atoms with E-state index in [0.717, 1.165) is 12.0 Å². The van der Waals surface area contributed by atoms with Gasteiger partial charge in [0.15, 0.2) is 12.6 Å². The first-order valence-corrected chi connectivity index (χ1v) is 8.33. The highest BCUT2D eigenvalue weighted by Gasteiger charge is 2.28. The van der Waals surface area contributed by atoms with Gasteiger partial charge in [-0.05, 0) is 24.1 Å². The van der Waals surface area contributed by atoms with Crippen molar-refractivity contribution in [1.29, 1.82) is 0 Å². The summed E-state index contributed by atoms with van der Waals surface area (Å²) in [6, 6.07) is 6.31. The van der Waals surface area contributed by atoms with Crippen LogP contribution in [-0.2, 0) is 11.3 Å². The van der Waals surface area contributed by atoms with Crippen LogP contribution in [-0.4, -0.2) is 44.8 Å². The normalized spacial score (nSPS) is 11.8. The van der Waals surface area contributed by atoms with E-state index in [4.69, 9.17) is 0 Å². The summed E-state index contributed by atoms with van der Waals surface area (Å²) in [6.45, 7) is 2.21. The summed E-state index contributed by atoms with van der Waals surface area (Å²) in [5.41, 5.74) is 0.855. The molecule has 6 nitrogen and oxygen atoms in total. The predicted octanol–water partition coefficient (Wildman–Crippen LogP) is 2.21. The van der Waals surface area contributed by atoms with E-state index >= 15 is 0 Å². The minimum atomic E-state index is -4.36. The third-order valence-corrected chi connectivity index (χ3v) is 3.23. The number of carbonyl (C=O) groups is 1. The van der Waals surface area contributed by atoms with E-state index in [1.165, 1.54) is 12.1 Å². The number of aliphatic imine (C=N–C) groups is 1. The van der Waals surface area contributed by atoms with Gasteiger partial charge in [-0.1, -0.05) is 19.1 Å². The van der Waals surface area contributed by atoms with E-state index in [9.17, 15) is 18.0 Å². The Kier molecular flexibility index (Phi) is 9.32. The molecule has 3 N–H and O–H groups in total. The zero-order chi connectivity index (χ0) is 19.4. The lowest BCUT2D eigenvalue weighted by Gasteiger charge is -2.13. The van der Waals surface area contributed by atoms with Crippen LogP contribution >= 0.6 is 0 Å². The summed E-state index contributed by atoms with van der Waals surface area (Å²) in [5, 5.41) is 8.87. The number of nitrogens with zero attached hydrogens (tertiary/aromatic N) is 1. The average Bonchev–Trinajstić information content (AvgIpc) is 2.61. The van der Waals surface area contributed by atoms with Crippen LogP contribution in [0, 0.1) is 0 Å². The molecule has 0 spiro atoms. The molecule has 1 amide bonds. The molecule has 9 heteroatoms. The highest BCUT2D eigenvalue weighted by molar-refractivity contribution is 5.81. The van der Waals surface area contributed by atoms with E-state index in [-0.39, 0.29) is 11.7 Å². The first-order valence-electron chi connectivity index (χ1n) is 8.33. The van der Waals surface area contributed by atoms with Crippen LogP contribution < -0.4 is 20.7 Å². The maximum absolute atomic E-state index is 12.1. The summed E-state index contributed by atoms with van der Waals surface area (Å²) in [7, 11) is 1.61. The van der Waals surface area contributed by atoms with Crippen molar-refractivity contribution in [2.45, 2.75) is 32.5 Å². The lowest BCUT2D eigenvalue weighted by Crippen LogP contribution is -2.39. The molecule has 0 unspecified atom stereocenters. The van der Waals surface area contributed by atoms with Crippen molar-refractivity contribution in [1.82, 2.24) is 16.0 Å². The first kappa shape index (κ1) is 21.6. The Morgan fingerprint density at radius 1 is 1.12 bits per heavy atom. The van der Waals surface area contributed by atoms with Crippen LogP contribution in [0.15, 0.2) is 29.3 Å². The van der Waals surface area contributed by atoms with Gasteiger partial charge in [-0.15, -0.1) is 0 Å². The van der Waals surface area contributed by atoms with Crippen LogP contribution in [0.3, 0.4) is 0 Å². The Hall–Kier alpha value is -2.45. The maximum atomic E-state index is 12.1. The number of amides is 1. The number of alkyl halides is 3. The molecule has 0 aliphatic rings. The molecular weight excluding hydrogens is 349 g/mol. The maximum Gasteiger partial charge on any atom is 0.422 e. The van der Waals surface area contributed by atoms with Crippen molar-refractivity contribution in [3.63, 3.8) is 0 Å². The Labute approximate surface area is 151 Å². The standard InChI is InChI=1S/C17H25F3N4O2/c1-3-9-22-15(25)8-10-23-16(21-2)24-11-13-4-6-14(7-5-13)26-12-17(18,19)20/h4-7H,3,8-12H2,1-2H3,(H,22,25)(H2,21,23,24). The molecule has 0 radical (unpaired) electrons. The highest BCUT2D eigenvalue weighted by atomic mass is 19.4. The van der Waals surface area contributed by atoms with E-state index in [1.807, 2.05) is 6.92 Å². The Bertz CT molecular complexity index is 574. The summed E-state index contributed by atoms with van der Waals surface area (Å²) >= 11 is 0. The zero-order valence-corrected chi connectivity index (χ0v) is 14.9. The number of benzene rings is 1. The van der Waals surface area contributed by atoms with Crippen LogP contribution in [0.4, 0.5) is 13.2 Å². The highest BCUT2D eigenvalue weighted by Crippen LogP contribution is 2.18. The van der Waals surface area contributed by atoms with E-state index < -0.39 is 12.8 Å². The minimum absolute atomic E-state index is 0.0238. The number of carbonyl (C=O) groups excluding carboxylic acids is 1. The van der Waals surface area contributed by atoms with E-state index in [2.05, 4.69) is 25.7 Å². The second-order valence-electron chi connectivity index (χ2n) is 5.50. The number of rotatable bonds is 9. The van der Waals surface area contributed by atoms with Gasteiger partial charge < -0.3 is 20.7 Å². The molecule has 0 atom stereocenters. The Morgan fingerprint density at radius 2 is 1.81 bits per heavy atom. The molecule has 0 aromatic heterocycles. The van der Waals surface area contributed by atoms with Crippen molar-refractivity contribution in [2.75, 3.05) is 26.7 Å². The average molecular weight is 374 g/mol. The molecule has 0 saturated carbocycles. The number of ether oxygens (including phenoxy) is 1. The molecule has 0 fully saturated rings. The number of halogens is 3. The number of guanidine groups is 1. The predicted molar refractivity (Wildman–Crippen MR) is 94.1 cm³/mol. The summed E-state index contributed by atoms with van der Waals surface area (Å²) in [4.78, 5) is 15.6. The largest absolute Gasteiger partial charge is 0.484 e.